The molecule has 7 heteroatoms. The van der Waals surface area contributed by atoms with E-state index in [9.17, 15) is 14.4 Å². The average molecular weight is 287 g/mol. The van der Waals surface area contributed by atoms with Crippen molar-refractivity contribution >= 4 is 17.9 Å². The molecular formula is C13H25N3O4. The van der Waals surface area contributed by atoms with E-state index in [4.69, 9.17) is 5.11 Å². The first-order valence-electron chi connectivity index (χ1n) is 7.01. The van der Waals surface area contributed by atoms with Crippen molar-refractivity contribution in [2.45, 2.75) is 46.1 Å². The van der Waals surface area contributed by atoms with E-state index in [-0.39, 0.29) is 12.5 Å². The number of carbonyl (C=O) groups is 3. The Morgan fingerprint density at radius 1 is 1.20 bits per heavy atom. The van der Waals surface area contributed by atoms with Crippen LogP contribution in [0.4, 0.5) is 4.79 Å². The van der Waals surface area contributed by atoms with Crippen LogP contribution in [0.2, 0.25) is 0 Å². The van der Waals surface area contributed by atoms with Gasteiger partial charge < -0.3 is 20.6 Å². The van der Waals surface area contributed by atoms with Gasteiger partial charge in [0.05, 0.1) is 0 Å². The van der Waals surface area contributed by atoms with Gasteiger partial charge in [0.15, 0.2) is 0 Å². The van der Waals surface area contributed by atoms with Crippen LogP contribution in [0.25, 0.3) is 0 Å². The highest BCUT2D eigenvalue weighted by Crippen LogP contribution is 2.02. The Morgan fingerprint density at radius 3 is 2.30 bits per heavy atom. The number of nitrogens with one attached hydrogen (secondary N) is 2. The number of unbranched alkanes of at least 4 members (excludes halogenated alkanes) is 1. The van der Waals surface area contributed by atoms with Crippen LogP contribution in [-0.4, -0.2) is 53.6 Å². The van der Waals surface area contributed by atoms with E-state index in [0.29, 0.717) is 19.5 Å². The minimum atomic E-state index is -1.05. The number of carboxylic acids is 1. The standard InChI is InChI=1S/C13H25N3O4/c1-4-7-8-10(12(18)19)15-13(20)16(6-3)9-11(17)14-5-2/h10H,4-9H2,1-3H3,(H,14,17)(H,15,20)(H,18,19)/t10-/m0/s1. The molecule has 3 amide bonds. The number of carboxylic acid groups (broad SMARTS) is 1. The lowest BCUT2D eigenvalue weighted by Gasteiger charge is -2.23. The molecule has 0 radical (unpaired) electrons. The lowest BCUT2D eigenvalue weighted by atomic mass is 10.1. The Morgan fingerprint density at radius 2 is 1.85 bits per heavy atom. The third kappa shape index (κ3) is 6.96. The van der Waals surface area contributed by atoms with Gasteiger partial charge in [-0.15, -0.1) is 0 Å². The Hall–Kier alpha value is -1.79. The molecule has 116 valence electrons. The van der Waals surface area contributed by atoms with Gasteiger partial charge in [0.25, 0.3) is 0 Å². The Labute approximate surface area is 119 Å². The smallest absolute Gasteiger partial charge is 0.326 e. The summed E-state index contributed by atoms with van der Waals surface area (Å²) in [6, 6.07) is -1.44. The Kier molecular flexibility index (Phi) is 9.15. The molecule has 0 unspecified atom stereocenters. The summed E-state index contributed by atoms with van der Waals surface area (Å²) in [6.45, 7) is 6.24. The van der Waals surface area contributed by atoms with Crippen molar-refractivity contribution in [3.05, 3.63) is 0 Å². The van der Waals surface area contributed by atoms with Gasteiger partial charge >= 0.3 is 12.0 Å². The lowest BCUT2D eigenvalue weighted by molar-refractivity contribution is -0.139. The van der Waals surface area contributed by atoms with Gasteiger partial charge in [0.1, 0.15) is 12.6 Å². The van der Waals surface area contributed by atoms with Crippen molar-refractivity contribution in [3.63, 3.8) is 0 Å². The predicted molar refractivity (Wildman–Crippen MR) is 75.4 cm³/mol. The zero-order chi connectivity index (χ0) is 15.5. The molecule has 0 heterocycles. The van der Waals surface area contributed by atoms with Crippen LogP contribution in [-0.2, 0) is 9.59 Å². The lowest BCUT2D eigenvalue weighted by Crippen LogP contribution is -2.50. The van der Waals surface area contributed by atoms with E-state index in [1.807, 2.05) is 6.92 Å². The fraction of sp³-hybridized carbons (Fsp3) is 0.769. The van der Waals surface area contributed by atoms with Crippen LogP contribution >= 0.6 is 0 Å². The van der Waals surface area contributed by atoms with E-state index in [0.717, 1.165) is 12.8 Å². The highest BCUT2D eigenvalue weighted by molar-refractivity contribution is 5.86. The van der Waals surface area contributed by atoms with Gasteiger partial charge in [-0.05, 0) is 20.3 Å². The number of aliphatic carboxylic acids is 1. The molecule has 0 aliphatic carbocycles. The maximum absolute atomic E-state index is 12.0. The first-order valence-corrected chi connectivity index (χ1v) is 7.01. The van der Waals surface area contributed by atoms with Crippen LogP contribution in [0.3, 0.4) is 0 Å². The number of urea groups is 1. The molecule has 0 aliphatic heterocycles. The minimum Gasteiger partial charge on any atom is -0.480 e. The van der Waals surface area contributed by atoms with Crippen LogP contribution in [0, 0.1) is 0 Å². The SMILES string of the molecule is CCCC[C@H](NC(=O)N(CC)CC(=O)NCC)C(=O)O. The summed E-state index contributed by atoms with van der Waals surface area (Å²) in [5.41, 5.74) is 0. The zero-order valence-corrected chi connectivity index (χ0v) is 12.4. The molecule has 0 rings (SSSR count). The number of carbonyl (C=O) groups excluding carboxylic acids is 2. The molecule has 0 spiro atoms. The predicted octanol–water partition coefficient (Wildman–Crippen LogP) is 0.797. The zero-order valence-electron chi connectivity index (χ0n) is 12.4. The molecule has 3 N–H and O–H groups in total. The van der Waals surface area contributed by atoms with E-state index in [1.54, 1.807) is 13.8 Å². The van der Waals surface area contributed by atoms with Crippen LogP contribution in [0.1, 0.15) is 40.0 Å². The fourth-order valence-corrected chi connectivity index (χ4v) is 1.66. The van der Waals surface area contributed by atoms with Crippen LogP contribution in [0.5, 0.6) is 0 Å². The number of hydrogen-bond acceptors (Lipinski definition) is 3. The molecule has 1 atom stereocenters. The molecule has 0 saturated carbocycles. The normalized spacial score (nSPS) is 11.6. The number of amides is 3. The summed E-state index contributed by atoms with van der Waals surface area (Å²) in [6.07, 6.45) is 1.96. The van der Waals surface area contributed by atoms with E-state index >= 15 is 0 Å². The van der Waals surface area contributed by atoms with Gasteiger partial charge in [-0.2, -0.15) is 0 Å². The van der Waals surface area contributed by atoms with Crippen molar-refractivity contribution < 1.29 is 19.5 Å². The molecule has 0 aromatic heterocycles. The van der Waals surface area contributed by atoms with E-state index in [1.165, 1.54) is 4.90 Å². The highest BCUT2D eigenvalue weighted by atomic mass is 16.4. The van der Waals surface area contributed by atoms with Crippen molar-refractivity contribution in [1.29, 1.82) is 0 Å². The van der Waals surface area contributed by atoms with Gasteiger partial charge in [0, 0.05) is 13.1 Å². The van der Waals surface area contributed by atoms with Gasteiger partial charge in [-0.3, -0.25) is 4.79 Å². The van der Waals surface area contributed by atoms with E-state index in [2.05, 4.69) is 10.6 Å². The van der Waals surface area contributed by atoms with Crippen LogP contribution < -0.4 is 10.6 Å². The second kappa shape index (κ2) is 10.1. The third-order valence-corrected chi connectivity index (χ3v) is 2.82. The summed E-state index contributed by atoms with van der Waals surface area (Å²) in [7, 11) is 0. The summed E-state index contributed by atoms with van der Waals surface area (Å²) >= 11 is 0. The molecule has 0 fully saturated rings. The topological polar surface area (TPSA) is 98.7 Å². The second-order valence-corrected chi connectivity index (χ2v) is 4.45. The molecule has 0 aromatic rings. The Bertz CT molecular complexity index is 334. The molecule has 0 saturated heterocycles. The fourth-order valence-electron chi connectivity index (χ4n) is 1.66. The number of nitrogens with zero attached hydrogens (tertiary/aromatic N) is 1. The number of rotatable bonds is 9. The van der Waals surface area contributed by atoms with Crippen LogP contribution in [0.15, 0.2) is 0 Å². The van der Waals surface area contributed by atoms with Gasteiger partial charge in [0.2, 0.25) is 5.91 Å². The Balaban J connectivity index is 4.50. The first kappa shape index (κ1) is 18.2. The molecule has 0 aromatic carbocycles. The summed E-state index contributed by atoms with van der Waals surface area (Å²) in [5.74, 6) is -1.31. The van der Waals surface area contributed by atoms with E-state index < -0.39 is 18.0 Å². The summed E-state index contributed by atoms with van der Waals surface area (Å²) in [4.78, 5) is 35.8. The second-order valence-electron chi connectivity index (χ2n) is 4.45. The summed E-state index contributed by atoms with van der Waals surface area (Å²) in [5, 5.41) is 14.1. The molecule has 0 aliphatic rings. The van der Waals surface area contributed by atoms with Crippen molar-refractivity contribution in [2.24, 2.45) is 0 Å². The minimum absolute atomic E-state index is 0.0731. The average Bonchev–Trinajstić information content (AvgIpc) is 2.40. The van der Waals surface area contributed by atoms with Gasteiger partial charge in [-0.1, -0.05) is 19.8 Å². The number of hydrogen-bond donors (Lipinski definition) is 3. The van der Waals surface area contributed by atoms with Gasteiger partial charge in [-0.25, -0.2) is 9.59 Å². The molecule has 7 nitrogen and oxygen atoms in total. The third-order valence-electron chi connectivity index (χ3n) is 2.82. The van der Waals surface area contributed by atoms with Crippen molar-refractivity contribution in [2.75, 3.05) is 19.6 Å². The van der Waals surface area contributed by atoms with Crippen molar-refractivity contribution in [1.82, 2.24) is 15.5 Å². The molecule has 0 bridgehead atoms. The maximum atomic E-state index is 12.0. The number of likely N-dealkylation sites (N-methyl/N-ethyl adjacent to an activating group) is 2. The quantitative estimate of drug-likeness (QED) is 0.584. The monoisotopic (exact) mass is 287 g/mol. The maximum Gasteiger partial charge on any atom is 0.326 e. The molecule has 20 heavy (non-hydrogen) atoms. The molecular weight excluding hydrogens is 262 g/mol. The largest absolute Gasteiger partial charge is 0.480 e. The summed E-state index contributed by atoms with van der Waals surface area (Å²) < 4.78 is 0. The first-order chi connectivity index (χ1) is 9.46. The van der Waals surface area contributed by atoms with Crippen molar-refractivity contribution in [3.8, 4) is 0 Å². The highest BCUT2D eigenvalue weighted by Gasteiger charge is 2.23.